The molecule has 0 atom stereocenters. The summed E-state index contributed by atoms with van der Waals surface area (Å²) in [7, 11) is 0. The van der Waals surface area contributed by atoms with Gasteiger partial charge in [0.25, 0.3) is 5.91 Å². The van der Waals surface area contributed by atoms with Crippen molar-refractivity contribution >= 4 is 28.3 Å². The van der Waals surface area contributed by atoms with Gasteiger partial charge < -0.3 is 20.9 Å². The molecule has 0 bridgehead atoms. The number of rotatable bonds is 5. The molecule has 0 aliphatic carbocycles. The highest BCUT2D eigenvalue weighted by molar-refractivity contribution is 7.13. The van der Waals surface area contributed by atoms with Crippen LogP contribution >= 0.6 is 11.3 Å². The molecule has 0 unspecified atom stereocenters. The highest BCUT2D eigenvalue weighted by Crippen LogP contribution is 2.18. The smallest absolute Gasteiger partial charge is 0.251 e. The van der Waals surface area contributed by atoms with Gasteiger partial charge in [-0.2, -0.15) is 0 Å². The van der Waals surface area contributed by atoms with Crippen molar-refractivity contribution in [2.24, 2.45) is 10.7 Å². The lowest BCUT2D eigenvalue weighted by atomic mass is 10.2. The number of hydrogen-bond donors (Lipinski definition) is 2. The summed E-state index contributed by atoms with van der Waals surface area (Å²) in [6.45, 7) is 4.35. The van der Waals surface area contributed by atoms with E-state index >= 15 is 0 Å². The SMILES string of the molecule is NC(=NCCNC(=O)c1ccccc1)N1CCN(c2nccs2)CC1. The van der Waals surface area contributed by atoms with Gasteiger partial charge in [0.2, 0.25) is 0 Å². The molecule has 1 saturated heterocycles. The van der Waals surface area contributed by atoms with Crippen LogP contribution in [0.4, 0.5) is 5.13 Å². The second kappa shape index (κ2) is 8.48. The number of carbonyl (C=O) groups is 1. The fraction of sp³-hybridized carbons (Fsp3) is 0.353. The third-order valence-electron chi connectivity index (χ3n) is 4.00. The molecule has 1 aliphatic heterocycles. The molecule has 3 N–H and O–H groups in total. The van der Waals surface area contributed by atoms with Gasteiger partial charge in [-0.05, 0) is 12.1 Å². The maximum Gasteiger partial charge on any atom is 0.251 e. The van der Waals surface area contributed by atoms with Crippen LogP contribution in [0.25, 0.3) is 0 Å². The van der Waals surface area contributed by atoms with E-state index in [4.69, 9.17) is 5.73 Å². The number of hydrogen-bond acceptors (Lipinski definition) is 5. The molecule has 1 aromatic carbocycles. The lowest BCUT2D eigenvalue weighted by Crippen LogP contribution is -2.51. The van der Waals surface area contributed by atoms with Crippen LogP contribution in [-0.4, -0.2) is 61.0 Å². The Balaban J connectivity index is 1.40. The van der Waals surface area contributed by atoms with Crippen LogP contribution in [0.5, 0.6) is 0 Å². The van der Waals surface area contributed by atoms with Crippen LogP contribution in [0, 0.1) is 0 Å². The number of aliphatic imine (C=N–C) groups is 1. The molecule has 1 aliphatic rings. The van der Waals surface area contributed by atoms with Gasteiger partial charge in [-0.25, -0.2) is 4.98 Å². The average Bonchev–Trinajstić information content (AvgIpc) is 3.20. The van der Waals surface area contributed by atoms with Gasteiger partial charge in [0.05, 0.1) is 6.54 Å². The molecular weight excluding hydrogens is 336 g/mol. The number of benzene rings is 1. The Bertz CT molecular complexity index is 695. The number of nitrogens with two attached hydrogens (primary N) is 1. The summed E-state index contributed by atoms with van der Waals surface area (Å²) >= 11 is 1.65. The predicted octanol–water partition coefficient (Wildman–Crippen LogP) is 1.01. The molecule has 2 aromatic rings. The number of nitrogens with one attached hydrogen (secondary N) is 1. The molecule has 1 amide bonds. The minimum Gasteiger partial charge on any atom is -0.370 e. The van der Waals surface area contributed by atoms with Gasteiger partial charge in [-0.15, -0.1) is 11.3 Å². The number of piperazine rings is 1. The van der Waals surface area contributed by atoms with Crippen molar-refractivity contribution in [1.29, 1.82) is 0 Å². The van der Waals surface area contributed by atoms with E-state index in [-0.39, 0.29) is 5.91 Å². The molecule has 1 aromatic heterocycles. The van der Waals surface area contributed by atoms with E-state index in [9.17, 15) is 4.79 Å². The molecule has 8 heteroatoms. The van der Waals surface area contributed by atoms with Crippen molar-refractivity contribution in [2.75, 3.05) is 44.2 Å². The second-order valence-corrected chi connectivity index (χ2v) is 6.52. The molecule has 0 radical (unpaired) electrons. The van der Waals surface area contributed by atoms with E-state index in [1.54, 1.807) is 23.5 Å². The first-order chi connectivity index (χ1) is 12.2. The number of aromatic nitrogens is 1. The van der Waals surface area contributed by atoms with Gasteiger partial charge in [0, 0.05) is 49.9 Å². The number of guanidine groups is 1. The Labute approximate surface area is 151 Å². The maximum atomic E-state index is 11.9. The zero-order chi connectivity index (χ0) is 17.5. The van der Waals surface area contributed by atoms with Gasteiger partial charge in [0.15, 0.2) is 11.1 Å². The van der Waals surface area contributed by atoms with E-state index in [0.717, 1.165) is 31.3 Å². The molecular formula is C17H22N6OS. The molecule has 25 heavy (non-hydrogen) atoms. The third-order valence-corrected chi connectivity index (χ3v) is 4.83. The van der Waals surface area contributed by atoms with Gasteiger partial charge in [0.1, 0.15) is 0 Å². The summed E-state index contributed by atoms with van der Waals surface area (Å²) in [5.41, 5.74) is 6.72. The van der Waals surface area contributed by atoms with Crippen LogP contribution in [-0.2, 0) is 0 Å². The lowest BCUT2D eigenvalue weighted by molar-refractivity contribution is 0.0955. The van der Waals surface area contributed by atoms with Crippen molar-refractivity contribution in [3.05, 3.63) is 47.5 Å². The van der Waals surface area contributed by atoms with E-state index in [0.29, 0.717) is 24.6 Å². The van der Waals surface area contributed by atoms with E-state index < -0.39 is 0 Å². The quantitative estimate of drug-likeness (QED) is 0.473. The summed E-state index contributed by atoms with van der Waals surface area (Å²) in [5.74, 6) is 0.444. The minimum absolute atomic E-state index is 0.0913. The van der Waals surface area contributed by atoms with Gasteiger partial charge >= 0.3 is 0 Å². The van der Waals surface area contributed by atoms with Crippen molar-refractivity contribution in [3.63, 3.8) is 0 Å². The summed E-state index contributed by atoms with van der Waals surface area (Å²) < 4.78 is 0. The predicted molar refractivity (Wildman–Crippen MR) is 101 cm³/mol. The fourth-order valence-electron chi connectivity index (χ4n) is 2.63. The monoisotopic (exact) mass is 358 g/mol. The Morgan fingerprint density at radius 3 is 2.68 bits per heavy atom. The van der Waals surface area contributed by atoms with Crippen molar-refractivity contribution in [3.8, 4) is 0 Å². The Morgan fingerprint density at radius 1 is 1.24 bits per heavy atom. The summed E-state index contributed by atoms with van der Waals surface area (Å²) in [4.78, 5) is 25.0. The molecule has 0 spiro atoms. The first kappa shape index (κ1) is 17.2. The number of carbonyl (C=O) groups excluding carboxylic acids is 1. The van der Waals surface area contributed by atoms with E-state index in [2.05, 4.69) is 25.1 Å². The number of thiazole rings is 1. The first-order valence-electron chi connectivity index (χ1n) is 8.26. The standard InChI is InChI=1S/C17H22N6OS/c18-16(20-7-6-19-15(24)14-4-2-1-3-5-14)22-9-11-23(12-10-22)17-21-8-13-25-17/h1-5,8,13H,6-7,9-12H2,(H2,18,20)(H,19,24). The highest BCUT2D eigenvalue weighted by Gasteiger charge is 2.19. The Hall–Kier alpha value is -2.61. The lowest BCUT2D eigenvalue weighted by Gasteiger charge is -2.35. The largest absolute Gasteiger partial charge is 0.370 e. The normalized spacial score (nSPS) is 15.3. The molecule has 0 saturated carbocycles. The van der Waals surface area contributed by atoms with Crippen molar-refractivity contribution in [1.82, 2.24) is 15.2 Å². The topological polar surface area (TPSA) is 86.8 Å². The number of nitrogens with zero attached hydrogens (tertiary/aromatic N) is 4. The van der Waals surface area contributed by atoms with E-state index in [1.807, 2.05) is 29.8 Å². The highest BCUT2D eigenvalue weighted by atomic mass is 32.1. The maximum absolute atomic E-state index is 11.9. The summed E-state index contributed by atoms with van der Waals surface area (Å²) in [6.07, 6.45) is 1.83. The van der Waals surface area contributed by atoms with Crippen LogP contribution in [0.1, 0.15) is 10.4 Å². The van der Waals surface area contributed by atoms with Gasteiger partial charge in [-0.1, -0.05) is 18.2 Å². The third kappa shape index (κ3) is 4.69. The van der Waals surface area contributed by atoms with E-state index in [1.165, 1.54) is 0 Å². The van der Waals surface area contributed by atoms with Gasteiger partial charge in [-0.3, -0.25) is 9.79 Å². The zero-order valence-electron chi connectivity index (χ0n) is 14.0. The molecule has 1 fully saturated rings. The number of amides is 1. The second-order valence-electron chi connectivity index (χ2n) is 5.65. The molecule has 7 nitrogen and oxygen atoms in total. The van der Waals surface area contributed by atoms with Crippen LogP contribution in [0.15, 0.2) is 46.9 Å². The number of anilines is 1. The first-order valence-corrected chi connectivity index (χ1v) is 9.14. The average molecular weight is 358 g/mol. The zero-order valence-corrected chi connectivity index (χ0v) is 14.8. The van der Waals surface area contributed by atoms with Crippen LogP contribution in [0.2, 0.25) is 0 Å². The molecule has 3 rings (SSSR count). The van der Waals surface area contributed by atoms with Crippen LogP contribution < -0.4 is 16.0 Å². The molecule has 2 heterocycles. The Kier molecular flexibility index (Phi) is 5.84. The van der Waals surface area contributed by atoms with Crippen molar-refractivity contribution < 1.29 is 4.79 Å². The summed E-state index contributed by atoms with van der Waals surface area (Å²) in [6, 6.07) is 9.15. The van der Waals surface area contributed by atoms with Crippen molar-refractivity contribution in [2.45, 2.75) is 0 Å². The Morgan fingerprint density at radius 2 is 2.00 bits per heavy atom. The minimum atomic E-state index is -0.0913. The van der Waals surface area contributed by atoms with Crippen LogP contribution in [0.3, 0.4) is 0 Å². The molecule has 132 valence electrons. The summed E-state index contributed by atoms with van der Waals surface area (Å²) in [5, 5.41) is 5.89. The fourth-order valence-corrected chi connectivity index (χ4v) is 3.33.